The van der Waals surface area contributed by atoms with E-state index in [0.717, 1.165) is 11.3 Å². The first-order chi connectivity index (χ1) is 8.09. The zero-order valence-electron chi connectivity index (χ0n) is 8.43. The summed E-state index contributed by atoms with van der Waals surface area (Å²) in [6.45, 7) is 0. The highest BCUT2D eigenvalue weighted by atomic mass is 32.1. The van der Waals surface area contributed by atoms with Gasteiger partial charge < -0.3 is 5.11 Å². The number of hydrogen-bond donors (Lipinski definition) is 1. The second-order valence-electron chi connectivity index (χ2n) is 3.23. The fourth-order valence-corrected chi connectivity index (χ4v) is 2.22. The number of rotatable bonds is 3. The van der Waals surface area contributed by atoms with Gasteiger partial charge in [-0.05, 0) is 0 Å². The number of thiazole rings is 1. The Hall–Kier alpha value is -1.82. The fraction of sp³-hybridized carbons (Fsp3) is 0.0909. The highest BCUT2D eigenvalue weighted by Gasteiger charge is 2.17. The zero-order chi connectivity index (χ0) is 12.4. The third-order valence-corrected chi connectivity index (χ3v) is 3.03. The molecule has 2 aromatic rings. The van der Waals surface area contributed by atoms with Crippen LogP contribution in [-0.2, 0) is 0 Å². The van der Waals surface area contributed by atoms with Gasteiger partial charge in [0, 0.05) is 16.5 Å². The van der Waals surface area contributed by atoms with E-state index in [4.69, 9.17) is 5.11 Å². The summed E-state index contributed by atoms with van der Waals surface area (Å²) in [5, 5.41) is 10.3. The van der Waals surface area contributed by atoms with Crippen molar-refractivity contribution in [3.63, 3.8) is 0 Å². The molecule has 2 rings (SSSR count). The molecule has 0 saturated heterocycles. The van der Waals surface area contributed by atoms with Crippen LogP contribution in [-0.4, -0.2) is 16.1 Å². The average molecular weight is 255 g/mol. The molecule has 0 spiro atoms. The summed E-state index contributed by atoms with van der Waals surface area (Å²) in [5.74, 6) is -1.16. The predicted octanol–water partition coefficient (Wildman–Crippen LogP) is 3.45. The van der Waals surface area contributed by atoms with Crippen LogP contribution in [0.25, 0.3) is 10.6 Å². The van der Waals surface area contributed by atoms with E-state index in [1.807, 2.05) is 0 Å². The Morgan fingerprint density at radius 2 is 2.06 bits per heavy atom. The molecule has 0 amide bonds. The van der Waals surface area contributed by atoms with Crippen LogP contribution < -0.4 is 0 Å². The largest absolute Gasteiger partial charge is 0.476 e. The van der Waals surface area contributed by atoms with Gasteiger partial charge in [-0.1, -0.05) is 24.3 Å². The molecule has 1 aromatic heterocycles. The zero-order valence-corrected chi connectivity index (χ0v) is 9.25. The minimum atomic E-state index is -2.61. The van der Waals surface area contributed by atoms with Gasteiger partial charge >= 0.3 is 5.97 Å². The van der Waals surface area contributed by atoms with Crippen molar-refractivity contribution in [1.82, 2.24) is 4.98 Å². The van der Waals surface area contributed by atoms with Crippen LogP contribution in [0.2, 0.25) is 0 Å². The first-order valence-corrected chi connectivity index (χ1v) is 5.54. The number of aromatic nitrogens is 1. The molecule has 1 aromatic carbocycles. The lowest BCUT2D eigenvalue weighted by molar-refractivity contribution is 0.0691. The summed E-state index contributed by atoms with van der Waals surface area (Å²) in [7, 11) is 0. The summed E-state index contributed by atoms with van der Waals surface area (Å²) < 4.78 is 25.5. The van der Waals surface area contributed by atoms with Gasteiger partial charge in [-0.25, -0.2) is 18.6 Å². The SMILES string of the molecule is O=C(O)c1csc(-c2ccccc2C(F)F)n1. The van der Waals surface area contributed by atoms with Crippen molar-refractivity contribution >= 4 is 17.3 Å². The van der Waals surface area contributed by atoms with Crippen molar-refractivity contribution in [2.45, 2.75) is 6.43 Å². The topological polar surface area (TPSA) is 50.2 Å². The molecule has 1 N–H and O–H groups in total. The standard InChI is InChI=1S/C11H7F2NO2S/c12-9(13)6-3-1-2-4-7(6)10-14-8(5-17-10)11(15)16/h1-5,9H,(H,15,16). The number of nitrogens with zero attached hydrogens (tertiary/aromatic N) is 1. The number of halogens is 2. The number of alkyl halides is 2. The van der Waals surface area contributed by atoms with Crippen molar-refractivity contribution in [3.8, 4) is 10.6 Å². The van der Waals surface area contributed by atoms with Gasteiger partial charge in [0.25, 0.3) is 6.43 Å². The number of carboxylic acid groups (broad SMARTS) is 1. The normalized spacial score (nSPS) is 10.8. The molecule has 1 heterocycles. The van der Waals surface area contributed by atoms with E-state index in [-0.39, 0.29) is 16.8 Å². The van der Waals surface area contributed by atoms with Crippen molar-refractivity contribution in [1.29, 1.82) is 0 Å². The third-order valence-electron chi connectivity index (χ3n) is 2.15. The molecular formula is C11H7F2NO2S. The lowest BCUT2D eigenvalue weighted by Gasteiger charge is -2.04. The van der Waals surface area contributed by atoms with E-state index in [1.165, 1.54) is 23.6 Å². The van der Waals surface area contributed by atoms with E-state index in [2.05, 4.69) is 4.98 Å². The maximum absolute atomic E-state index is 12.7. The monoisotopic (exact) mass is 255 g/mol. The summed E-state index contributed by atoms with van der Waals surface area (Å²) >= 11 is 1.04. The van der Waals surface area contributed by atoms with Gasteiger partial charge in [0.05, 0.1) is 0 Å². The molecule has 0 bridgehead atoms. The second kappa shape index (κ2) is 4.58. The highest BCUT2D eigenvalue weighted by molar-refractivity contribution is 7.13. The van der Waals surface area contributed by atoms with Crippen molar-refractivity contribution in [3.05, 3.63) is 40.9 Å². The lowest BCUT2D eigenvalue weighted by atomic mass is 10.1. The molecule has 3 nitrogen and oxygen atoms in total. The Morgan fingerprint density at radius 3 is 2.65 bits per heavy atom. The van der Waals surface area contributed by atoms with Gasteiger partial charge in [-0.15, -0.1) is 11.3 Å². The molecule has 0 aliphatic heterocycles. The van der Waals surface area contributed by atoms with Crippen LogP contribution in [0, 0.1) is 0 Å². The van der Waals surface area contributed by atoms with Crippen LogP contribution >= 0.6 is 11.3 Å². The van der Waals surface area contributed by atoms with E-state index >= 15 is 0 Å². The second-order valence-corrected chi connectivity index (χ2v) is 4.09. The molecule has 6 heteroatoms. The molecule has 0 radical (unpaired) electrons. The number of carbonyl (C=O) groups is 1. The third kappa shape index (κ3) is 2.31. The minimum Gasteiger partial charge on any atom is -0.476 e. The maximum Gasteiger partial charge on any atom is 0.355 e. The van der Waals surface area contributed by atoms with Crippen LogP contribution in [0.4, 0.5) is 8.78 Å². The summed E-state index contributed by atoms with van der Waals surface area (Å²) in [4.78, 5) is 14.5. The summed E-state index contributed by atoms with van der Waals surface area (Å²) in [6.07, 6.45) is -2.61. The van der Waals surface area contributed by atoms with E-state index in [9.17, 15) is 13.6 Å². The molecule has 0 aliphatic rings. The lowest BCUT2D eigenvalue weighted by Crippen LogP contribution is -1.96. The summed E-state index contributed by atoms with van der Waals surface area (Å²) in [6, 6.07) is 5.94. The molecular weight excluding hydrogens is 248 g/mol. The number of carboxylic acids is 1. The minimum absolute atomic E-state index is 0.130. The van der Waals surface area contributed by atoms with Gasteiger partial charge in [0.2, 0.25) is 0 Å². The van der Waals surface area contributed by atoms with Crippen molar-refractivity contribution in [2.75, 3.05) is 0 Å². The van der Waals surface area contributed by atoms with Crippen LogP contribution in [0.5, 0.6) is 0 Å². The molecule has 0 saturated carbocycles. The molecule has 0 aliphatic carbocycles. The Morgan fingerprint density at radius 1 is 1.35 bits per heavy atom. The summed E-state index contributed by atoms with van der Waals surface area (Å²) in [5.41, 5.74) is 0.00728. The first-order valence-electron chi connectivity index (χ1n) is 4.66. The smallest absolute Gasteiger partial charge is 0.355 e. The number of aromatic carboxylic acids is 1. The molecule has 0 fully saturated rings. The Balaban J connectivity index is 2.48. The Labute approximate surface area is 99.4 Å². The average Bonchev–Trinajstić information content (AvgIpc) is 2.78. The van der Waals surface area contributed by atoms with Crippen molar-refractivity contribution < 1.29 is 18.7 Å². The van der Waals surface area contributed by atoms with Gasteiger partial charge in [0.1, 0.15) is 5.01 Å². The predicted molar refractivity (Wildman–Crippen MR) is 59.5 cm³/mol. The Kier molecular flexibility index (Phi) is 3.14. The quantitative estimate of drug-likeness (QED) is 0.913. The molecule has 88 valence electrons. The number of benzene rings is 1. The van der Waals surface area contributed by atoms with E-state index in [0.29, 0.717) is 5.01 Å². The van der Waals surface area contributed by atoms with E-state index < -0.39 is 12.4 Å². The molecule has 17 heavy (non-hydrogen) atoms. The number of hydrogen-bond acceptors (Lipinski definition) is 3. The van der Waals surface area contributed by atoms with Crippen molar-refractivity contribution in [2.24, 2.45) is 0 Å². The molecule has 0 atom stereocenters. The van der Waals surface area contributed by atoms with Crippen LogP contribution in [0.3, 0.4) is 0 Å². The van der Waals surface area contributed by atoms with Gasteiger partial charge in [-0.2, -0.15) is 0 Å². The van der Waals surface area contributed by atoms with Crippen LogP contribution in [0.1, 0.15) is 22.5 Å². The molecule has 0 unspecified atom stereocenters. The van der Waals surface area contributed by atoms with Gasteiger partial charge in [-0.3, -0.25) is 0 Å². The fourth-order valence-electron chi connectivity index (χ4n) is 1.38. The Bertz CT molecular complexity index is 554. The highest BCUT2D eigenvalue weighted by Crippen LogP contribution is 2.32. The first kappa shape index (κ1) is 11.7. The van der Waals surface area contributed by atoms with E-state index in [1.54, 1.807) is 6.07 Å². The van der Waals surface area contributed by atoms with Crippen LogP contribution in [0.15, 0.2) is 29.6 Å². The van der Waals surface area contributed by atoms with Gasteiger partial charge in [0.15, 0.2) is 5.69 Å². The maximum atomic E-state index is 12.7.